The zero-order valence-electron chi connectivity index (χ0n) is 5.10. The number of methoxy groups -OCH3 is 1. The Hall–Kier alpha value is -0.150. The maximum absolute atomic E-state index is 4.90. The third-order valence-corrected chi connectivity index (χ3v) is 1.01. The number of thiocarbonyl (C=S) groups is 1. The van der Waals surface area contributed by atoms with Gasteiger partial charge in [-0.25, -0.2) is 0 Å². The van der Waals surface area contributed by atoms with E-state index in [-0.39, 0.29) is 6.10 Å². The van der Waals surface area contributed by atoms with Gasteiger partial charge in [-0.2, -0.15) is 0 Å². The Morgan fingerprint density at radius 2 is 2.50 bits per heavy atom. The number of rotatable bonds is 4. The molecule has 47 valence electrons. The van der Waals surface area contributed by atoms with Crippen LogP contribution in [-0.2, 0) is 4.74 Å². The van der Waals surface area contributed by atoms with Crippen molar-refractivity contribution in [2.24, 2.45) is 0 Å². The topological polar surface area (TPSA) is 21.3 Å². The van der Waals surface area contributed by atoms with E-state index in [2.05, 4.69) is 23.0 Å². The van der Waals surface area contributed by atoms with Crippen molar-refractivity contribution in [1.82, 2.24) is 5.32 Å². The minimum atomic E-state index is 0.213. The van der Waals surface area contributed by atoms with Crippen LogP contribution in [0.2, 0.25) is 0 Å². The molecule has 1 radical (unpaired) electrons. The molecule has 0 aliphatic heterocycles. The molecule has 0 aromatic heterocycles. The molecule has 0 saturated carbocycles. The Kier molecular flexibility index (Phi) is 4.90. The molecule has 0 aliphatic rings. The van der Waals surface area contributed by atoms with Crippen molar-refractivity contribution in [3.63, 3.8) is 0 Å². The summed E-state index contributed by atoms with van der Waals surface area (Å²) in [6, 6.07) is 0. The van der Waals surface area contributed by atoms with Crippen LogP contribution in [0, 0.1) is 0 Å². The number of ether oxygens (including phenoxy) is 1. The van der Waals surface area contributed by atoms with Gasteiger partial charge in [-0.05, 0) is 6.92 Å². The molecular weight excluding hydrogens is 122 g/mol. The first-order valence-electron chi connectivity index (χ1n) is 2.44. The smallest absolute Gasteiger partial charge is 0.134 e. The van der Waals surface area contributed by atoms with Crippen LogP contribution in [0.1, 0.15) is 6.92 Å². The molecule has 0 amide bonds. The van der Waals surface area contributed by atoms with Crippen molar-refractivity contribution in [2.45, 2.75) is 13.0 Å². The zero-order valence-corrected chi connectivity index (χ0v) is 5.92. The van der Waals surface area contributed by atoms with Crippen molar-refractivity contribution < 1.29 is 4.74 Å². The predicted octanol–water partition coefficient (Wildman–Crippen LogP) is 0.445. The first-order chi connectivity index (χ1) is 3.81. The molecule has 3 heteroatoms. The lowest BCUT2D eigenvalue weighted by Gasteiger charge is -2.06. The highest BCUT2D eigenvalue weighted by Gasteiger charge is 1.93. The monoisotopic (exact) mass is 132 g/mol. The van der Waals surface area contributed by atoms with Crippen LogP contribution in [0.15, 0.2) is 0 Å². The van der Waals surface area contributed by atoms with Crippen molar-refractivity contribution in [1.29, 1.82) is 0 Å². The Morgan fingerprint density at radius 1 is 1.88 bits per heavy atom. The second-order valence-electron chi connectivity index (χ2n) is 1.53. The molecule has 2 nitrogen and oxygen atoms in total. The van der Waals surface area contributed by atoms with E-state index in [4.69, 9.17) is 4.74 Å². The normalized spacial score (nSPS) is 12.8. The fourth-order valence-electron chi connectivity index (χ4n) is 0.269. The molecular formula is C5H10NOS. The lowest BCUT2D eigenvalue weighted by atomic mass is 10.4. The molecule has 0 aromatic rings. The first kappa shape index (κ1) is 7.85. The van der Waals surface area contributed by atoms with Gasteiger partial charge < -0.3 is 10.1 Å². The maximum atomic E-state index is 4.90. The van der Waals surface area contributed by atoms with Gasteiger partial charge >= 0.3 is 0 Å². The van der Waals surface area contributed by atoms with Gasteiger partial charge in [0.25, 0.3) is 0 Å². The number of hydrogen-bond acceptors (Lipinski definition) is 2. The molecule has 0 rings (SSSR count). The van der Waals surface area contributed by atoms with Gasteiger partial charge in [0.05, 0.1) is 6.10 Å². The molecule has 0 spiro atoms. The lowest BCUT2D eigenvalue weighted by Crippen LogP contribution is -2.23. The Bertz CT molecular complexity index is 67.4. The molecule has 0 heterocycles. The first-order valence-corrected chi connectivity index (χ1v) is 2.85. The fraction of sp³-hybridized carbons (Fsp3) is 0.800. The van der Waals surface area contributed by atoms with E-state index >= 15 is 0 Å². The summed E-state index contributed by atoms with van der Waals surface area (Å²) < 4.78 is 4.90. The van der Waals surface area contributed by atoms with Crippen molar-refractivity contribution in [2.75, 3.05) is 13.7 Å². The highest BCUT2D eigenvalue weighted by molar-refractivity contribution is 7.78. The van der Waals surface area contributed by atoms with Crippen LogP contribution in [-0.4, -0.2) is 25.2 Å². The average Bonchev–Trinajstić information content (AvgIpc) is 1.83. The third kappa shape index (κ3) is 4.02. The second kappa shape index (κ2) is 5.00. The summed E-state index contributed by atoms with van der Waals surface area (Å²) in [6.07, 6.45) is 0.213. The minimum absolute atomic E-state index is 0.213. The van der Waals surface area contributed by atoms with Gasteiger partial charge in [-0.15, -0.1) is 0 Å². The average molecular weight is 132 g/mol. The van der Waals surface area contributed by atoms with E-state index < -0.39 is 0 Å². The van der Waals surface area contributed by atoms with Crippen LogP contribution in [0.4, 0.5) is 0 Å². The Labute approximate surface area is 55.2 Å². The van der Waals surface area contributed by atoms with Gasteiger partial charge in [0.2, 0.25) is 0 Å². The summed E-state index contributed by atoms with van der Waals surface area (Å²) in [6.45, 7) is 2.69. The summed E-state index contributed by atoms with van der Waals surface area (Å²) in [5.74, 6) is 0. The third-order valence-electron chi connectivity index (χ3n) is 0.864. The van der Waals surface area contributed by atoms with Crippen LogP contribution < -0.4 is 5.32 Å². The van der Waals surface area contributed by atoms with Gasteiger partial charge in [0, 0.05) is 13.7 Å². The van der Waals surface area contributed by atoms with Gasteiger partial charge in [0.15, 0.2) is 0 Å². The standard InChI is InChI=1S/C5H10NOS/c1-5(7-2)3-6-4-8/h5H,3H2,1-2H3,(H,6,8). The summed E-state index contributed by atoms with van der Waals surface area (Å²) in [5, 5.41) is 2.74. The SMILES string of the molecule is COC(C)CN[C]=S. The molecule has 8 heavy (non-hydrogen) atoms. The molecule has 0 aromatic carbocycles. The zero-order chi connectivity index (χ0) is 6.41. The summed E-state index contributed by atoms with van der Waals surface area (Å²) in [4.78, 5) is 0. The van der Waals surface area contributed by atoms with E-state index in [0.29, 0.717) is 0 Å². The van der Waals surface area contributed by atoms with Gasteiger partial charge in [-0.3, -0.25) is 0 Å². The van der Waals surface area contributed by atoms with E-state index in [1.807, 2.05) is 6.92 Å². The Balaban J connectivity index is 2.97. The van der Waals surface area contributed by atoms with E-state index in [1.54, 1.807) is 7.11 Å². The van der Waals surface area contributed by atoms with E-state index in [1.165, 1.54) is 0 Å². The molecule has 1 unspecified atom stereocenters. The highest BCUT2D eigenvalue weighted by atomic mass is 32.1. The van der Waals surface area contributed by atoms with Crippen LogP contribution in [0.25, 0.3) is 0 Å². The predicted molar refractivity (Wildman–Crippen MR) is 37.1 cm³/mol. The van der Waals surface area contributed by atoms with E-state index in [0.717, 1.165) is 6.54 Å². The summed E-state index contributed by atoms with van der Waals surface area (Å²) >= 11 is 4.40. The summed E-state index contributed by atoms with van der Waals surface area (Å²) in [5.41, 5.74) is 2.39. The fourth-order valence-corrected chi connectivity index (χ4v) is 0.352. The molecule has 0 saturated heterocycles. The minimum Gasteiger partial charge on any atom is -0.380 e. The quantitative estimate of drug-likeness (QED) is 0.443. The molecule has 1 atom stereocenters. The summed E-state index contributed by atoms with van der Waals surface area (Å²) in [7, 11) is 1.66. The number of hydrogen-bond donors (Lipinski definition) is 1. The van der Waals surface area contributed by atoms with Crippen LogP contribution in [0.5, 0.6) is 0 Å². The maximum Gasteiger partial charge on any atom is 0.134 e. The van der Waals surface area contributed by atoms with Gasteiger partial charge in [0.1, 0.15) is 5.49 Å². The molecule has 0 aliphatic carbocycles. The van der Waals surface area contributed by atoms with E-state index in [9.17, 15) is 0 Å². The molecule has 1 N–H and O–H groups in total. The Morgan fingerprint density at radius 3 is 2.88 bits per heavy atom. The van der Waals surface area contributed by atoms with Crippen LogP contribution in [0.3, 0.4) is 0 Å². The molecule has 0 bridgehead atoms. The van der Waals surface area contributed by atoms with Crippen molar-refractivity contribution in [3.05, 3.63) is 0 Å². The van der Waals surface area contributed by atoms with Crippen molar-refractivity contribution in [3.8, 4) is 0 Å². The lowest BCUT2D eigenvalue weighted by molar-refractivity contribution is 0.122. The van der Waals surface area contributed by atoms with Crippen molar-refractivity contribution >= 4 is 17.7 Å². The highest BCUT2D eigenvalue weighted by Crippen LogP contribution is 1.81. The number of nitrogens with one attached hydrogen (secondary N) is 1. The molecule has 0 fully saturated rings. The van der Waals surface area contributed by atoms with Gasteiger partial charge in [-0.1, -0.05) is 12.2 Å². The second-order valence-corrected chi connectivity index (χ2v) is 1.73. The van der Waals surface area contributed by atoms with Crippen LogP contribution >= 0.6 is 12.2 Å². The largest absolute Gasteiger partial charge is 0.380 e.